The fourth-order valence-electron chi connectivity index (χ4n) is 5.29. The average molecular weight is 489 g/mol. The molecule has 0 aromatic heterocycles. The van der Waals surface area contributed by atoms with Crippen LogP contribution < -0.4 is 19.3 Å². The van der Waals surface area contributed by atoms with Gasteiger partial charge in [-0.15, -0.1) is 0 Å². The number of hydrogen-bond donors (Lipinski definition) is 0. The third kappa shape index (κ3) is 4.27. The molecule has 0 saturated carbocycles. The van der Waals surface area contributed by atoms with Crippen molar-refractivity contribution in [1.29, 1.82) is 0 Å². The minimum atomic E-state index is -0.627. The first-order valence-corrected chi connectivity index (χ1v) is 12.3. The van der Waals surface area contributed by atoms with Gasteiger partial charge < -0.3 is 14.4 Å². The zero-order valence-corrected chi connectivity index (χ0v) is 20.3. The van der Waals surface area contributed by atoms with Crippen molar-refractivity contribution in [2.75, 3.05) is 23.0 Å². The van der Waals surface area contributed by atoms with Crippen LogP contribution in [-0.2, 0) is 19.2 Å². The van der Waals surface area contributed by atoms with Crippen molar-refractivity contribution in [3.8, 4) is 11.5 Å². The van der Waals surface area contributed by atoms with Gasteiger partial charge >= 0.3 is 5.97 Å². The number of carbonyl (C=O) groups excluding carboxylic acids is 4. The van der Waals surface area contributed by atoms with Crippen LogP contribution in [-0.4, -0.2) is 36.8 Å². The summed E-state index contributed by atoms with van der Waals surface area (Å²) in [5.41, 5.74) is 1.08. The first-order valence-electron chi connectivity index (χ1n) is 12.3. The Balaban J connectivity index is 1.27. The molecule has 0 unspecified atom stereocenters. The van der Waals surface area contributed by atoms with E-state index in [1.54, 1.807) is 47.4 Å². The number of allylic oxidation sites excluding steroid dienone is 2. The van der Waals surface area contributed by atoms with Crippen molar-refractivity contribution in [1.82, 2.24) is 0 Å². The summed E-state index contributed by atoms with van der Waals surface area (Å²) in [6.45, 7) is 4.60. The van der Waals surface area contributed by atoms with Gasteiger partial charge in [0.2, 0.25) is 17.7 Å². The molecule has 0 radical (unpaired) electrons. The molecule has 5 rings (SSSR count). The molecule has 186 valence electrons. The van der Waals surface area contributed by atoms with Crippen molar-refractivity contribution in [2.24, 2.45) is 23.7 Å². The normalized spacial score (nSPS) is 25.3. The maximum absolute atomic E-state index is 13.1. The summed E-state index contributed by atoms with van der Waals surface area (Å²) in [6.07, 6.45) is 4.53. The molecule has 4 atom stereocenters. The van der Waals surface area contributed by atoms with E-state index in [4.69, 9.17) is 9.47 Å². The van der Waals surface area contributed by atoms with Gasteiger partial charge in [0.15, 0.2) is 0 Å². The number of esters is 1. The van der Waals surface area contributed by atoms with E-state index in [-0.39, 0.29) is 54.2 Å². The Hall–Kier alpha value is -3.94. The van der Waals surface area contributed by atoms with Crippen molar-refractivity contribution in [3.05, 3.63) is 60.7 Å². The second-order valence-corrected chi connectivity index (χ2v) is 9.42. The lowest BCUT2D eigenvalue weighted by Crippen LogP contribution is -2.31. The number of ether oxygens (including phenoxy) is 2. The van der Waals surface area contributed by atoms with Gasteiger partial charge in [-0.25, -0.2) is 4.90 Å². The highest BCUT2D eigenvalue weighted by Crippen LogP contribution is 2.41. The van der Waals surface area contributed by atoms with Crippen LogP contribution in [0.4, 0.5) is 11.4 Å². The number of imide groups is 1. The largest absolute Gasteiger partial charge is 0.494 e. The number of amides is 3. The first kappa shape index (κ1) is 23.8. The molecular weight excluding hydrogens is 460 g/mol. The van der Waals surface area contributed by atoms with E-state index in [1.165, 1.54) is 11.0 Å². The van der Waals surface area contributed by atoms with E-state index in [1.807, 2.05) is 26.0 Å². The number of nitrogens with zero attached hydrogens (tertiary/aromatic N) is 2. The van der Waals surface area contributed by atoms with E-state index < -0.39 is 11.9 Å². The maximum Gasteiger partial charge on any atom is 0.316 e. The maximum atomic E-state index is 13.1. The Morgan fingerprint density at radius 3 is 2.50 bits per heavy atom. The molecule has 2 saturated heterocycles. The monoisotopic (exact) mass is 488 g/mol. The summed E-state index contributed by atoms with van der Waals surface area (Å²) in [5.74, 6) is -1.56. The van der Waals surface area contributed by atoms with Crippen LogP contribution in [0.5, 0.6) is 11.5 Å². The standard InChI is InChI=1S/C28H28N2O6/c1-3-35-21-12-10-19(11-13-21)29-16-18(14-24(29)31)28(34)36-22-8-5-7-20(15-22)30-26(32)23-9-4-6-17(2)25(23)27(30)33/h4-8,10-13,15,17-18,23,25H,3,9,14,16H2,1-2H3/t17-,18+,23-,25+/m1/s1. The Morgan fingerprint density at radius 2 is 1.78 bits per heavy atom. The fraction of sp³-hybridized carbons (Fsp3) is 0.357. The second kappa shape index (κ2) is 9.60. The molecule has 2 heterocycles. The minimum absolute atomic E-state index is 0.00978. The smallest absolute Gasteiger partial charge is 0.316 e. The number of anilines is 2. The molecule has 3 aliphatic rings. The molecule has 36 heavy (non-hydrogen) atoms. The van der Waals surface area contributed by atoms with Crippen molar-refractivity contribution in [3.63, 3.8) is 0 Å². The van der Waals surface area contributed by atoms with Crippen molar-refractivity contribution >= 4 is 35.1 Å². The number of rotatable bonds is 6. The van der Waals surface area contributed by atoms with Crippen LogP contribution in [0.15, 0.2) is 60.7 Å². The van der Waals surface area contributed by atoms with Crippen LogP contribution in [0, 0.1) is 23.7 Å². The Labute approximate surface area is 209 Å². The van der Waals surface area contributed by atoms with E-state index in [9.17, 15) is 19.2 Å². The Morgan fingerprint density at radius 1 is 1.00 bits per heavy atom. The highest BCUT2D eigenvalue weighted by atomic mass is 16.5. The second-order valence-electron chi connectivity index (χ2n) is 9.42. The van der Waals surface area contributed by atoms with Gasteiger partial charge in [-0.3, -0.25) is 19.2 Å². The quantitative estimate of drug-likeness (QED) is 0.266. The van der Waals surface area contributed by atoms with E-state index >= 15 is 0 Å². The van der Waals surface area contributed by atoms with Crippen LogP contribution >= 0.6 is 0 Å². The summed E-state index contributed by atoms with van der Waals surface area (Å²) in [4.78, 5) is 54.4. The lowest BCUT2D eigenvalue weighted by Gasteiger charge is -2.22. The molecule has 0 spiro atoms. The molecule has 0 bridgehead atoms. The molecule has 3 amide bonds. The molecule has 2 aromatic carbocycles. The van der Waals surface area contributed by atoms with Gasteiger partial charge in [0.1, 0.15) is 11.5 Å². The number of carbonyl (C=O) groups is 4. The average Bonchev–Trinajstić information content (AvgIpc) is 3.38. The highest BCUT2D eigenvalue weighted by Gasteiger charge is 2.50. The third-order valence-electron chi connectivity index (χ3n) is 7.08. The molecule has 2 aromatic rings. The first-order chi connectivity index (χ1) is 17.4. The predicted molar refractivity (Wildman–Crippen MR) is 133 cm³/mol. The predicted octanol–water partition coefficient (Wildman–Crippen LogP) is 3.75. The van der Waals surface area contributed by atoms with Crippen molar-refractivity contribution in [2.45, 2.75) is 26.7 Å². The van der Waals surface area contributed by atoms with Gasteiger partial charge in [-0.05, 0) is 55.7 Å². The van der Waals surface area contributed by atoms with Gasteiger partial charge in [-0.2, -0.15) is 0 Å². The molecular formula is C28H28N2O6. The zero-order valence-electron chi connectivity index (χ0n) is 20.3. The summed E-state index contributed by atoms with van der Waals surface area (Å²) in [7, 11) is 0. The summed E-state index contributed by atoms with van der Waals surface area (Å²) >= 11 is 0. The van der Waals surface area contributed by atoms with Crippen molar-refractivity contribution < 1.29 is 28.7 Å². The summed E-state index contributed by atoms with van der Waals surface area (Å²) < 4.78 is 11.0. The highest BCUT2D eigenvalue weighted by molar-refractivity contribution is 6.22. The SMILES string of the molecule is CCOc1ccc(N2C[C@@H](C(=O)Oc3cccc(N4C(=O)[C@H]5[C@H](C)C=CC[C@H]5C4=O)c3)CC2=O)cc1. The summed E-state index contributed by atoms with van der Waals surface area (Å²) in [6, 6.07) is 13.6. The van der Waals surface area contributed by atoms with E-state index in [0.29, 0.717) is 30.2 Å². The molecule has 1 aliphatic carbocycles. The summed E-state index contributed by atoms with van der Waals surface area (Å²) in [5, 5.41) is 0. The van der Waals surface area contributed by atoms with Gasteiger partial charge in [0, 0.05) is 24.7 Å². The van der Waals surface area contributed by atoms with Gasteiger partial charge in [0.25, 0.3) is 0 Å². The Bertz CT molecular complexity index is 1240. The van der Waals surface area contributed by atoms with Crippen LogP contribution in [0.3, 0.4) is 0 Å². The topological polar surface area (TPSA) is 93.2 Å². The molecule has 0 N–H and O–H groups in total. The van der Waals surface area contributed by atoms with Gasteiger partial charge in [0.05, 0.1) is 30.0 Å². The van der Waals surface area contributed by atoms with E-state index in [0.717, 1.165) is 0 Å². The van der Waals surface area contributed by atoms with Crippen LogP contribution in [0.2, 0.25) is 0 Å². The molecule has 2 fully saturated rings. The fourth-order valence-corrected chi connectivity index (χ4v) is 5.29. The zero-order chi connectivity index (χ0) is 25.4. The molecule has 2 aliphatic heterocycles. The Kier molecular flexibility index (Phi) is 6.35. The third-order valence-corrected chi connectivity index (χ3v) is 7.08. The number of hydrogen-bond acceptors (Lipinski definition) is 6. The minimum Gasteiger partial charge on any atom is -0.494 e. The van der Waals surface area contributed by atoms with Crippen LogP contribution in [0.25, 0.3) is 0 Å². The lowest BCUT2D eigenvalue weighted by molar-refractivity contribution is -0.139. The molecule has 8 heteroatoms. The van der Waals surface area contributed by atoms with E-state index in [2.05, 4.69) is 0 Å². The number of benzene rings is 2. The lowest BCUT2D eigenvalue weighted by atomic mass is 9.78. The number of fused-ring (bicyclic) bond motifs is 1. The molecule has 8 nitrogen and oxygen atoms in total. The van der Waals surface area contributed by atoms with Crippen LogP contribution in [0.1, 0.15) is 26.7 Å². The van der Waals surface area contributed by atoms with Gasteiger partial charge in [-0.1, -0.05) is 25.1 Å².